The van der Waals surface area contributed by atoms with E-state index in [4.69, 9.17) is 9.47 Å². The molecule has 2 atom stereocenters. The van der Waals surface area contributed by atoms with E-state index in [0.717, 1.165) is 12.8 Å². The van der Waals surface area contributed by atoms with Crippen molar-refractivity contribution in [3.63, 3.8) is 0 Å². The standard InChI is InChI=1S/C22H42O4S2/c1-15(2)9-19(17(5)6)11-25-21(23)13-27-28-14-22(24)26-12-20(18(7)8)10-16(3)4/h15-20H,9-14H2,1-8H3. The van der Waals surface area contributed by atoms with Crippen LogP contribution < -0.4 is 0 Å². The SMILES string of the molecule is CC(C)CC(COC(=O)CSSCC(=O)OCC(CC(C)C)C(C)C)C(C)C. The number of hydrogen-bond donors (Lipinski definition) is 0. The fourth-order valence-electron chi connectivity index (χ4n) is 2.94. The smallest absolute Gasteiger partial charge is 0.316 e. The molecule has 28 heavy (non-hydrogen) atoms. The molecule has 0 amide bonds. The molecule has 6 heteroatoms. The zero-order valence-corrected chi connectivity index (χ0v) is 20.8. The van der Waals surface area contributed by atoms with Crippen LogP contribution in [0, 0.1) is 35.5 Å². The van der Waals surface area contributed by atoms with Crippen LogP contribution in [0.2, 0.25) is 0 Å². The molecular formula is C22H42O4S2. The van der Waals surface area contributed by atoms with E-state index in [1.807, 2.05) is 0 Å². The average molecular weight is 435 g/mol. The van der Waals surface area contributed by atoms with Crippen LogP contribution in [-0.4, -0.2) is 36.7 Å². The minimum absolute atomic E-state index is 0.211. The van der Waals surface area contributed by atoms with Crippen LogP contribution in [0.5, 0.6) is 0 Å². The van der Waals surface area contributed by atoms with E-state index in [0.29, 0.717) is 48.7 Å². The van der Waals surface area contributed by atoms with E-state index in [1.165, 1.54) is 21.6 Å². The molecule has 2 unspecified atom stereocenters. The third-order valence-electron chi connectivity index (χ3n) is 4.79. The summed E-state index contributed by atoms with van der Waals surface area (Å²) < 4.78 is 10.9. The van der Waals surface area contributed by atoms with Gasteiger partial charge in [-0.25, -0.2) is 0 Å². The first-order valence-electron chi connectivity index (χ1n) is 10.6. The highest BCUT2D eigenvalue weighted by Gasteiger charge is 2.19. The predicted molar refractivity (Wildman–Crippen MR) is 122 cm³/mol. The van der Waals surface area contributed by atoms with Crippen LogP contribution in [0.15, 0.2) is 0 Å². The van der Waals surface area contributed by atoms with Gasteiger partial charge in [0.15, 0.2) is 0 Å². The normalized spacial score (nSPS) is 14.0. The third-order valence-corrected chi connectivity index (χ3v) is 6.87. The zero-order chi connectivity index (χ0) is 21.7. The van der Waals surface area contributed by atoms with E-state index >= 15 is 0 Å². The third kappa shape index (κ3) is 14.6. The summed E-state index contributed by atoms with van der Waals surface area (Å²) >= 11 is 0. The summed E-state index contributed by atoms with van der Waals surface area (Å²) in [6, 6.07) is 0. The highest BCUT2D eigenvalue weighted by molar-refractivity contribution is 8.77. The lowest BCUT2D eigenvalue weighted by atomic mass is 9.88. The van der Waals surface area contributed by atoms with Gasteiger partial charge in [-0.3, -0.25) is 9.59 Å². The number of ether oxygens (including phenoxy) is 2. The number of hydrogen-bond acceptors (Lipinski definition) is 6. The maximum atomic E-state index is 11.9. The van der Waals surface area contributed by atoms with Gasteiger partial charge in [0, 0.05) is 0 Å². The number of esters is 2. The summed E-state index contributed by atoms with van der Waals surface area (Å²) in [5.74, 6) is 3.08. The van der Waals surface area contributed by atoms with Gasteiger partial charge in [0.2, 0.25) is 0 Å². The minimum atomic E-state index is -0.211. The average Bonchev–Trinajstić information content (AvgIpc) is 2.58. The fraction of sp³-hybridized carbons (Fsp3) is 0.909. The van der Waals surface area contributed by atoms with Gasteiger partial charge in [-0.15, -0.1) is 0 Å². The predicted octanol–water partition coefficient (Wildman–Crippen LogP) is 6.09. The van der Waals surface area contributed by atoms with Crippen molar-refractivity contribution in [3.05, 3.63) is 0 Å². The Labute approximate surface area is 181 Å². The lowest BCUT2D eigenvalue weighted by molar-refractivity contribution is -0.143. The second-order valence-electron chi connectivity index (χ2n) is 9.16. The van der Waals surface area contributed by atoms with E-state index in [1.54, 1.807) is 0 Å². The van der Waals surface area contributed by atoms with E-state index in [9.17, 15) is 9.59 Å². The van der Waals surface area contributed by atoms with Crippen LogP contribution in [0.1, 0.15) is 68.2 Å². The number of rotatable bonds is 15. The van der Waals surface area contributed by atoms with Crippen molar-refractivity contribution < 1.29 is 19.1 Å². The molecule has 0 saturated heterocycles. The van der Waals surface area contributed by atoms with Crippen molar-refractivity contribution >= 4 is 33.5 Å². The first-order valence-corrected chi connectivity index (χ1v) is 13.1. The zero-order valence-electron chi connectivity index (χ0n) is 19.2. The van der Waals surface area contributed by atoms with Crippen molar-refractivity contribution in [1.29, 1.82) is 0 Å². The van der Waals surface area contributed by atoms with Gasteiger partial charge in [-0.2, -0.15) is 0 Å². The summed E-state index contributed by atoms with van der Waals surface area (Å²) in [6.07, 6.45) is 2.12. The van der Waals surface area contributed by atoms with E-state index in [2.05, 4.69) is 55.4 Å². The molecule has 0 aliphatic rings. The first kappa shape index (κ1) is 27.6. The van der Waals surface area contributed by atoms with Gasteiger partial charge < -0.3 is 9.47 Å². The Morgan fingerprint density at radius 1 is 0.643 bits per heavy atom. The second-order valence-corrected chi connectivity index (χ2v) is 11.6. The second kappa shape index (κ2) is 15.5. The molecule has 0 spiro atoms. The molecule has 0 rings (SSSR count). The summed E-state index contributed by atoms with van der Waals surface area (Å²) in [5, 5.41) is 0. The molecule has 0 heterocycles. The maximum absolute atomic E-state index is 11.9. The molecule has 0 aliphatic carbocycles. The Morgan fingerprint density at radius 2 is 0.964 bits per heavy atom. The van der Waals surface area contributed by atoms with Crippen molar-refractivity contribution in [2.45, 2.75) is 68.2 Å². The highest BCUT2D eigenvalue weighted by Crippen LogP contribution is 2.24. The Morgan fingerprint density at radius 3 is 1.21 bits per heavy atom. The van der Waals surface area contributed by atoms with Gasteiger partial charge in [-0.1, -0.05) is 77.0 Å². The van der Waals surface area contributed by atoms with Gasteiger partial charge in [0.1, 0.15) is 11.5 Å². The van der Waals surface area contributed by atoms with Crippen molar-refractivity contribution in [2.75, 3.05) is 24.7 Å². The number of carbonyl (C=O) groups is 2. The van der Waals surface area contributed by atoms with Crippen LogP contribution in [0.4, 0.5) is 0 Å². The largest absolute Gasteiger partial charge is 0.465 e. The van der Waals surface area contributed by atoms with Gasteiger partial charge in [-0.05, 0) is 48.3 Å². The van der Waals surface area contributed by atoms with Crippen molar-refractivity contribution in [2.24, 2.45) is 35.5 Å². The molecule has 0 N–H and O–H groups in total. The molecule has 0 aromatic rings. The lowest BCUT2D eigenvalue weighted by Gasteiger charge is -2.22. The number of carbonyl (C=O) groups excluding carboxylic acids is 2. The van der Waals surface area contributed by atoms with E-state index < -0.39 is 0 Å². The van der Waals surface area contributed by atoms with Crippen LogP contribution in [-0.2, 0) is 19.1 Å². The molecule has 0 bridgehead atoms. The highest BCUT2D eigenvalue weighted by atomic mass is 33.1. The monoisotopic (exact) mass is 434 g/mol. The molecule has 0 radical (unpaired) electrons. The summed E-state index contributed by atoms with van der Waals surface area (Å²) in [6.45, 7) is 18.4. The van der Waals surface area contributed by atoms with Gasteiger partial charge in [0.05, 0.1) is 13.2 Å². The Balaban J connectivity index is 3.98. The summed E-state index contributed by atoms with van der Waals surface area (Å²) in [4.78, 5) is 23.8. The molecule has 0 fully saturated rings. The summed E-state index contributed by atoms with van der Waals surface area (Å²) in [7, 11) is 2.71. The molecule has 0 aliphatic heterocycles. The molecule has 0 aromatic heterocycles. The quantitative estimate of drug-likeness (QED) is 0.177. The Bertz CT molecular complexity index is 396. The van der Waals surface area contributed by atoms with Crippen LogP contribution in [0.3, 0.4) is 0 Å². The summed E-state index contributed by atoms with van der Waals surface area (Å²) in [5.41, 5.74) is 0. The van der Waals surface area contributed by atoms with Gasteiger partial charge in [0.25, 0.3) is 0 Å². The molecule has 0 saturated carbocycles. The Kier molecular flexibility index (Phi) is 15.3. The fourth-order valence-corrected chi connectivity index (χ4v) is 4.54. The molecule has 0 aromatic carbocycles. The molecular weight excluding hydrogens is 392 g/mol. The van der Waals surface area contributed by atoms with Crippen LogP contribution >= 0.6 is 21.6 Å². The molecule has 166 valence electrons. The van der Waals surface area contributed by atoms with Crippen molar-refractivity contribution in [3.8, 4) is 0 Å². The van der Waals surface area contributed by atoms with Crippen LogP contribution in [0.25, 0.3) is 0 Å². The van der Waals surface area contributed by atoms with Crippen molar-refractivity contribution in [1.82, 2.24) is 0 Å². The minimum Gasteiger partial charge on any atom is -0.465 e. The Hall–Kier alpha value is -0.360. The van der Waals surface area contributed by atoms with Gasteiger partial charge >= 0.3 is 11.9 Å². The topological polar surface area (TPSA) is 52.6 Å². The first-order chi connectivity index (χ1) is 13.0. The van der Waals surface area contributed by atoms with E-state index in [-0.39, 0.29) is 23.4 Å². The maximum Gasteiger partial charge on any atom is 0.316 e. The molecule has 4 nitrogen and oxygen atoms in total. The lowest BCUT2D eigenvalue weighted by Crippen LogP contribution is -2.21.